The van der Waals surface area contributed by atoms with Crippen molar-refractivity contribution in [2.24, 2.45) is 0 Å². The number of anilines is 2. The van der Waals surface area contributed by atoms with Gasteiger partial charge in [-0.2, -0.15) is 5.26 Å². The number of carbonyl (C=O) groups is 2. The molecular formula is C26H20ClN3O3S. The van der Waals surface area contributed by atoms with E-state index in [1.165, 1.54) is 16.7 Å². The van der Waals surface area contributed by atoms with Gasteiger partial charge in [-0.25, -0.2) is 0 Å². The minimum absolute atomic E-state index is 0.128. The Bertz CT molecular complexity index is 1270. The molecule has 0 aromatic heterocycles. The Morgan fingerprint density at radius 1 is 1.09 bits per heavy atom. The van der Waals surface area contributed by atoms with Gasteiger partial charge in [-0.1, -0.05) is 53.7 Å². The van der Waals surface area contributed by atoms with E-state index < -0.39 is 11.2 Å². The van der Waals surface area contributed by atoms with E-state index in [0.717, 1.165) is 5.56 Å². The maximum atomic E-state index is 13.5. The molecule has 34 heavy (non-hydrogen) atoms. The van der Waals surface area contributed by atoms with E-state index in [2.05, 4.69) is 5.32 Å². The van der Waals surface area contributed by atoms with Gasteiger partial charge >= 0.3 is 0 Å². The van der Waals surface area contributed by atoms with Crippen molar-refractivity contribution in [3.05, 3.63) is 100 Å². The number of nitrogens with zero attached hydrogens (tertiary/aromatic N) is 2. The molecule has 0 radical (unpaired) electrons. The highest BCUT2D eigenvalue weighted by atomic mass is 35.5. The molecule has 1 saturated heterocycles. The zero-order valence-electron chi connectivity index (χ0n) is 18.2. The summed E-state index contributed by atoms with van der Waals surface area (Å²) in [6, 6.07) is 25.1. The molecular weight excluding hydrogens is 470 g/mol. The number of benzene rings is 3. The van der Waals surface area contributed by atoms with Crippen molar-refractivity contribution < 1.29 is 14.3 Å². The van der Waals surface area contributed by atoms with Crippen molar-refractivity contribution in [1.82, 2.24) is 0 Å². The predicted octanol–water partition coefficient (Wildman–Crippen LogP) is 5.41. The van der Waals surface area contributed by atoms with Gasteiger partial charge in [0.1, 0.15) is 22.4 Å². The first-order chi connectivity index (χ1) is 16.5. The number of thioether (sulfide) groups is 1. The summed E-state index contributed by atoms with van der Waals surface area (Å²) in [5, 5.41) is 13.1. The van der Waals surface area contributed by atoms with Crippen LogP contribution in [0.25, 0.3) is 0 Å². The van der Waals surface area contributed by atoms with Gasteiger partial charge in [-0.3, -0.25) is 14.5 Å². The molecule has 0 spiro atoms. The number of nitriles is 1. The largest absolute Gasteiger partial charge is 0.497 e. The number of halogens is 1. The molecule has 0 bridgehead atoms. The zero-order valence-corrected chi connectivity index (χ0v) is 19.8. The number of nitrogens with one attached hydrogen (secondary N) is 1. The number of hydrogen-bond donors (Lipinski definition) is 1. The number of carbonyl (C=O) groups excluding carboxylic acids is 2. The van der Waals surface area contributed by atoms with Gasteiger partial charge in [-0.15, -0.1) is 0 Å². The molecule has 1 aliphatic rings. The maximum absolute atomic E-state index is 13.5. The number of rotatable bonds is 6. The summed E-state index contributed by atoms with van der Waals surface area (Å²) in [7, 11) is 1.56. The molecule has 1 N–H and O–H groups in total. The van der Waals surface area contributed by atoms with Crippen molar-refractivity contribution >= 4 is 46.6 Å². The van der Waals surface area contributed by atoms with E-state index in [1.54, 1.807) is 67.8 Å². The van der Waals surface area contributed by atoms with Gasteiger partial charge in [0.25, 0.3) is 5.91 Å². The van der Waals surface area contributed by atoms with Crippen LogP contribution in [-0.4, -0.2) is 24.2 Å². The fraction of sp³-hybridized carbons (Fsp3) is 0.115. The summed E-state index contributed by atoms with van der Waals surface area (Å²) in [5.41, 5.74) is 1.91. The Balaban J connectivity index is 1.72. The predicted molar refractivity (Wildman–Crippen MR) is 135 cm³/mol. The molecule has 1 atom stereocenters. The van der Waals surface area contributed by atoms with Gasteiger partial charge in [0.15, 0.2) is 0 Å². The first kappa shape index (κ1) is 23.4. The van der Waals surface area contributed by atoms with Crippen LogP contribution in [0.3, 0.4) is 0 Å². The molecule has 6 nitrogen and oxygen atoms in total. The van der Waals surface area contributed by atoms with E-state index in [-0.39, 0.29) is 11.5 Å². The van der Waals surface area contributed by atoms with Gasteiger partial charge in [-0.05, 0) is 60.5 Å². The number of para-hydroxylation sites is 1. The summed E-state index contributed by atoms with van der Waals surface area (Å²) in [4.78, 5) is 28.0. The summed E-state index contributed by atoms with van der Waals surface area (Å²) < 4.78 is 5.22. The molecule has 3 aromatic rings. The van der Waals surface area contributed by atoms with Crippen LogP contribution >= 0.6 is 23.4 Å². The molecule has 2 amide bonds. The first-order valence-electron chi connectivity index (χ1n) is 10.4. The van der Waals surface area contributed by atoms with Crippen LogP contribution in [0.5, 0.6) is 5.75 Å². The smallest absolute Gasteiger partial charge is 0.269 e. The second-order valence-electron chi connectivity index (χ2n) is 7.42. The summed E-state index contributed by atoms with van der Waals surface area (Å²) in [6.07, 6.45) is 0.426. The standard InChI is InChI=1S/C26H20ClN3O3S/c1-33-21-13-11-20(12-14-21)30-25(32)23(15-17-7-9-18(27)10-8-17)34-26(30)22(16-28)24(31)29-19-5-3-2-4-6-19/h2-14,23H,15H2,1H3,(H,29,31)/b26-22-. The van der Waals surface area contributed by atoms with Crippen LogP contribution in [-0.2, 0) is 16.0 Å². The normalized spacial score (nSPS) is 16.7. The van der Waals surface area contributed by atoms with E-state index in [4.69, 9.17) is 16.3 Å². The summed E-state index contributed by atoms with van der Waals surface area (Å²) in [6.45, 7) is 0. The molecule has 8 heteroatoms. The van der Waals surface area contributed by atoms with Crippen molar-refractivity contribution in [2.45, 2.75) is 11.7 Å². The van der Waals surface area contributed by atoms with Gasteiger partial charge in [0.05, 0.1) is 12.4 Å². The molecule has 3 aromatic carbocycles. The highest BCUT2D eigenvalue weighted by Crippen LogP contribution is 2.42. The molecule has 1 aliphatic heterocycles. The molecule has 0 aliphatic carbocycles. The van der Waals surface area contributed by atoms with E-state index in [9.17, 15) is 14.9 Å². The van der Waals surface area contributed by atoms with Crippen molar-refractivity contribution in [1.29, 1.82) is 5.26 Å². The van der Waals surface area contributed by atoms with Crippen molar-refractivity contribution in [2.75, 3.05) is 17.3 Å². The van der Waals surface area contributed by atoms with E-state index in [1.807, 2.05) is 24.3 Å². The van der Waals surface area contributed by atoms with Gasteiger partial charge in [0, 0.05) is 16.4 Å². The summed E-state index contributed by atoms with van der Waals surface area (Å²) >= 11 is 7.20. The lowest BCUT2D eigenvalue weighted by Gasteiger charge is -2.19. The highest BCUT2D eigenvalue weighted by Gasteiger charge is 2.40. The number of ether oxygens (including phenoxy) is 1. The minimum atomic E-state index is -0.574. The van der Waals surface area contributed by atoms with Crippen molar-refractivity contribution in [3.8, 4) is 11.8 Å². The Labute approximate surface area is 206 Å². The van der Waals surface area contributed by atoms with E-state index in [0.29, 0.717) is 33.6 Å². The lowest BCUT2D eigenvalue weighted by molar-refractivity contribution is -0.117. The van der Waals surface area contributed by atoms with Gasteiger partial charge < -0.3 is 10.1 Å². The Kier molecular flexibility index (Phi) is 7.21. The fourth-order valence-corrected chi connectivity index (χ4v) is 4.94. The molecule has 1 unspecified atom stereocenters. The third-order valence-corrected chi connectivity index (χ3v) is 6.72. The number of methoxy groups -OCH3 is 1. The highest BCUT2D eigenvalue weighted by molar-refractivity contribution is 8.05. The lowest BCUT2D eigenvalue weighted by Crippen LogP contribution is -2.30. The van der Waals surface area contributed by atoms with Crippen molar-refractivity contribution in [3.63, 3.8) is 0 Å². The van der Waals surface area contributed by atoms with Gasteiger partial charge in [0.2, 0.25) is 5.91 Å². The lowest BCUT2D eigenvalue weighted by atomic mass is 10.1. The zero-order chi connectivity index (χ0) is 24.1. The Morgan fingerprint density at radius 3 is 2.38 bits per heavy atom. The summed E-state index contributed by atoms with van der Waals surface area (Å²) in [5.74, 6) is -0.149. The molecule has 1 heterocycles. The monoisotopic (exact) mass is 489 g/mol. The number of hydrogen-bond acceptors (Lipinski definition) is 5. The second kappa shape index (κ2) is 10.5. The average molecular weight is 490 g/mol. The molecule has 170 valence electrons. The first-order valence-corrected chi connectivity index (χ1v) is 11.7. The molecule has 4 rings (SSSR count). The minimum Gasteiger partial charge on any atom is -0.497 e. The number of amides is 2. The van der Waals surface area contributed by atoms with Crippen LogP contribution in [0.1, 0.15) is 5.56 Å². The maximum Gasteiger partial charge on any atom is 0.269 e. The van der Waals surface area contributed by atoms with Crippen LogP contribution in [0, 0.1) is 11.3 Å². The average Bonchev–Trinajstić information content (AvgIpc) is 3.17. The third-order valence-electron chi connectivity index (χ3n) is 5.20. The second-order valence-corrected chi connectivity index (χ2v) is 9.05. The quantitative estimate of drug-likeness (QED) is 0.369. The van der Waals surface area contributed by atoms with Crippen LogP contribution in [0.4, 0.5) is 11.4 Å². The van der Waals surface area contributed by atoms with Crippen LogP contribution in [0.2, 0.25) is 5.02 Å². The Hall–Kier alpha value is -3.73. The van der Waals surface area contributed by atoms with Crippen LogP contribution in [0.15, 0.2) is 89.5 Å². The topological polar surface area (TPSA) is 82.4 Å². The Morgan fingerprint density at radius 2 is 1.76 bits per heavy atom. The molecule has 0 saturated carbocycles. The SMILES string of the molecule is COc1ccc(N2C(=O)C(Cc3ccc(Cl)cc3)S/C2=C(/C#N)C(=O)Nc2ccccc2)cc1. The van der Waals surface area contributed by atoms with E-state index >= 15 is 0 Å². The molecule has 1 fully saturated rings. The van der Waals surface area contributed by atoms with Crippen LogP contribution < -0.4 is 15.0 Å². The fourth-order valence-electron chi connectivity index (χ4n) is 3.50. The third kappa shape index (κ3) is 5.09.